The average molecular weight is 266 g/mol. The van der Waals surface area contributed by atoms with Crippen LogP contribution in [0.4, 0.5) is 4.39 Å². The van der Waals surface area contributed by atoms with Gasteiger partial charge in [-0.2, -0.15) is 0 Å². The number of aryl methyl sites for hydroxylation is 1. The Balaban J connectivity index is 0.00000112. The molecule has 90 valence electrons. The molecule has 0 aliphatic heterocycles. The number of nitrogens with two attached hydrogens (primary N) is 1. The third kappa shape index (κ3) is 2.64. The Kier molecular flexibility index (Phi) is 5.72. The van der Waals surface area contributed by atoms with Gasteiger partial charge in [0.2, 0.25) is 0 Å². The molecule has 2 rings (SSSR count). The third-order valence-corrected chi connectivity index (χ3v) is 2.30. The number of halogens is 3. The van der Waals surface area contributed by atoms with Crippen LogP contribution in [0, 0.1) is 5.82 Å². The molecule has 0 aliphatic rings. The highest BCUT2D eigenvalue weighted by Crippen LogP contribution is 2.16. The molecule has 0 unspecified atom stereocenters. The molecular formula is C10H14Cl2FN3. The molecule has 16 heavy (non-hydrogen) atoms. The Hall–Kier alpha value is -0.840. The van der Waals surface area contributed by atoms with Crippen molar-refractivity contribution in [3.05, 3.63) is 29.8 Å². The Labute approximate surface area is 106 Å². The monoisotopic (exact) mass is 265 g/mol. The van der Waals surface area contributed by atoms with Gasteiger partial charge in [0, 0.05) is 13.5 Å². The number of aromatic nitrogens is 2. The van der Waals surface area contributed by atoms with Gasteiger partial charge in [-0.05, 0) is 24.7 Å². The minimum Gasteiger partial charge on any atom is -0.331 e. The number of nitrogens with zero attached hydrogens (tertiary/aromatic N) is 2. The summed E-state index contributed by atoms with van der Waals surface area (Å²) in [6.45, 7) is 0.555. The van der Waals surface area contributed by atoms with Gasteiger partial charge in [-0.25, -0.2) is 9.37 Å². The number of hydrogen-bond donors (Lipinski definition) is 1. The van der Waals surface area contributed by atoms with E-state index in [-0.39, 0.29) is 30.6 Å². The second kappa shape index (κ2) is 6.03. The quantitative estimate of drug-likeness (QED) is 0.904. The van der Waals surface area contributed by atoms with Crippen LogP contribution in [0.5, 0.6) is 0 Å². The van der Waals surface area contributed by atoms with E-state index in [1.54, 1.807) is 6.07 Å². The van der Waals surface area contributed by atoms with Gasteiger partial charge in [0.25, 0.3) is 0 Å². The van der Waals surface area contributed by atoms with Crippen LogP contribution in [-0.2, 0) is 13.5 Å². The van der Waals surface area contributed by atoms with Crippen molar-refractivity contribution < 1.29 is 4.39 Å². The highest BCUT2D eigenvalue weighted by molar-refractivity contribution is 5.85. The van der Waals surface area contributed by atoms with Crippen molar-refractivity contribution >= 4 is 35.8 Å². The maximum atomic E-state index is 12.9. The van der Waals surface area contributed by atoms with E-state index >= 15 is 0 Å². The highest BCUT2D eigenvalue weighted by Gasteiger charge is 2.06. The first-order chi connectivity index (χ1) is 6.72. The van der Waals surface area contributed by atoms with E-state index in [0.29, 0.717) is 13.0 Å². The molecule has 0 aliphatic carbocycles. The smallest absolute Gasteiger partial charge is 0.125 e. The molecular weight excluding hydrogens is 252 g/mol. The Morgan fingerprint density at radius 2 is 2.06 bits per heavy atom. The molecule has 2 aromatic rings. The minimum atomic E-state index is -0.236. The van der Waals surface area contributed by atoms with Crippen LogP contribution in [0.15, 0.2) is 18.2 Å². The van der Waals surface area contributed by atoms with Crippen LogP contribution in [0.3, 0.4) is 0 Å². The van der Waals surface area contributed by atoms with E-state index in [0.717, 1.165) is 16.9 Å². The van der Waals surface area contributed by atoms with Crippen molar-refractivity contribution in [2.75, 3.05) is 6.54 Å². The number of hydrogen-bond acceptors (Lipinski definition) is 2. The number of imidazole rings is 1. The molecule has 6 heteroatoms. The fourth-order valence-electron chi connectivity index (χ4n) is 1.57. The Bertz CT molecular complexity index is 470. The van der Waals surface area contributed by atoms with Gasteiger partial charge in [-0.1, -0.05) is 0 Å². The maximum absolute atomic E-state index is 12.9. The normalized spacial score (nSPS) is 9.69. The molecule has 0 saturated carbocycles. The molecule has 3 nitrogen and oxygen atoms in total. The molecule has 1 heterocycles. The number of fused-ring (bicyclic) bond motifs is 1. The molecule has 0 radical (unpaired) electrons. The molecule has 0 saturated heterocycles. The van der Waals surface area contributed by atoms with Crippen molar-refractivity contribution in [1.29, 1.82) is 0 Å². The second-order valence-electron chi connectivity index (χ2n) is 3.26. The zero-order valence-electron chi connectivity index (χ0n) is 8.81. The molecule has 1 aromatic carbocycles. The topological polar surface area (TPSA) is 43.8 Å². The lowest BCUT2D eigenvalue weighted by atomic mass is 10.3. The zero-order valence-corrected chi connectivity index (χ0v) is 10.4. The van der Waals surface area contributed by atoms with Crippen LogP contribution < -0.4 is 5.73 Å². The first kappa shape index (κ1) is 15.2. The van der Waals surface area contributed by atoms with Crippen LogP contribution in [0.2, 0.25) is 0 Å². The third-order valence-electron chi connectivity index (χ3n) is 2.30. The van der Waals surface area contributed by atoms with E-state index in [9.17, 15) is 4.39 Å². The van der Waals surface area contributed by atoms with Gasteiger partial charge in [0.1, 0.15) is 11.6 Å². The summed E-state index contributed by atoms with van der Waals surface area (Å²) in [5.74, 6) is 0.660. The lowest BCUT2D eigenvalue weighted by Crippen LogP contribution is -2.07. The zero-order chi connectivity index (χ0) is 10.1. The highest BCUT2D eigenvalue weighted by atomic mass is 35.5. The first-order valence-electron chi connectivity index (χ1n) is 4.53. The standard InChI is InChI=1S/C10H12FN3.2ClH/c1-14-9-6-7(11)2-3-8(9)13-10(14)4-5-12;;/h2-3,6H,4-5,12H2,1H3;2*1H. The summed E-state index contributed by atoms with van der Waals surface area (Å²) in [5, 5.41) is 0. The van der Waals surface area contributed by atoms with Crippen molar-refractivity contribution in [2.24, 2.45) is 12.8 Å². The number of rotatable bonds is 2. The molecule has 0 spiro atoms. The van der Waals surface area contributed by atoms with Crippen LogP contribution >= 0.6 is 24.8 Å². The van der Waals surface area contributed by atoms with Crippen LogP contribution in [-0.4, -0.2) is 16.1 Å². The molecule has 0 bridgehead atoms. The maximum Gasteiger partial charge on any atom is 0.125 e. The van der Waals surface area contributed by atoms with Crippen LogP contribution in [0.1, 0.15) is 5.82 Å². The summed E-state index contributed by atoms with van der Waals surface area (Å²) in [5.41, 5.74) is 7.08. The SMILES string of the molecule is Cl.Cl.Cn1c(CCN)nc2ccc(F)cc21. The van der Waals surface area contributed by atoms with Gasteiger partial charge < -0.3 is 10.3 Å². The summed E-state index contributed by atoms with van der Waals surface area (Å²) < 4.78 is 14.8. The van der Waals surface area contributed by atoms with E-state index in [2.05, 4.69) is 4.98 Å². The molecule has 0 fully saturated rings. The fourth-order valence-corrected chi connectivity index (χ4v) is 1.57. The van der Waals surface area contributed by atoms with Gasteiger partial charge >= 0.3 is 0 Å². The van der Waals surface area contributed by atoms with E-state index in [4.69, 9.17) is 5.73 Å². The van der Waals surface area contributed by atoms with E-state index < -0.39 is 0 Å². The predicted molar refractivity (Wildman–Crippen MR) is 67.9 cm³/mol. The van der Waals surface area contributed by atoms with Crippen molar-refractivity contribution in [1.82, 2.24) is 9.55 Å². The fraction of sp³-hybridized carbons (Fsp3) is 0.300. The Morgan fingerprint density at radius 3 is 2.69 bits per heavy atom. The van der Waals surface area contributed by atoms with Crippen LogP contribution in [0.25, 0.3) is 11.0 Å². The Morgan fingerprint density at radius 1 is 1.38 bits per heavy atom. The van der Waals surface area contributed by atoms with Crippen molar-refractivity contribution in [2.45, 2.75) is 6.42 Å². The summed E-state index contributed by atoms with van der Waals surface area (Å²) in [6.07, 6.45) is 0.715. The number of benzene rings is 1. The molecule has 0 amide bonds. The van der Waals surface area contributed by atoms with Crippen molar-refractivity contribution in [3.8, 4) is 0 Å². The lowest BCUT2D eigenvalue weighted by Gasteiger charge is -1.99. The van der Waals surface area contributed by atoms with Gasteiger partial charge in [-0.15, -0.1) is 24.8 Å². The van der Waals surface area contributed by atoms with E-state index in [1.165, 1.54) is 12.1 Å². The minimum absolute atomic E-state index is 0. The summed E-state index contributed by atoms with van der Waals surface area (Å²) in [4.78, 5) is 4.36. The predicted octanol–water partition coefficient (Wildman–Crippen LogP) is 2.06. The van der Waals surface area contributed by atoms with Crippen molar-refractivity contribution in [3.63, 3.8) is 0 Å². The molecule has 0 atom stereocenters. The first-order valence-corrected chi connectivity index (χ1v) is 4.53. The summed E-state index contributed by atoms with van der Waals surface area (Å²) in [6, 6.07) is 4.59. The largest absolute Gasteiger partial charge is 0.331 e. The molecule has 2 N–H and O–H groups in total. The average Bonchev–Trinajstić information content (AvgIpc) is 2.46. The lowest BCUT2D eigenvalue weighted by molar-refractivity contribution is 0.628. The second-order valence-corrected chi connectivity index (χ2v) is 3.26. The summed E-state index contributed by atoms with van der Waals surface area (Å²) >= 11 is 0. The molecule has 1 aromatic heterocycles. The van der Waals surface area contributed by atoms with Gasteiger partial charge in [0.05, 0.1) is 11.0 Å². The van der Waals surface area contributed by atoms with Gasteiger partial charge in [0.15, 0.2) is 0 Å². The summed E-state index contributed by atoms with van der Waals surface area (Å²) in [7, 11) is 1.87. The van der Waals surface area contributed by atoms with Gasteiger partial charge in [-0.3, -0.25) is 0 Å². The van der Waals surface area contributed by atoms with E-state index in [1.807, 2.05) is 11.6 Å².